The van der Waals surface area contributed by atoms with Gasteiger partial charge in [-0.2, -0.15) is 0 Å². The molecule has 0 aliphatic carbocycles. The predicted octanol–water partition coefficient (Wildman–Crippen LogP) is 5.34. The molecule has 3 rings (SSSR count). The fraction of sp³-hybridized carbons (Fsp3) is 0.273. The summed E-state index contributed by atoms with van der Waals surface area (Å²) in [6.45, 7) is 5.95. The van der Waals surface area contributed by atoms with Crippen molar-refractivity contribution in [3.05, 3.63) is 54.7 Å². The number of nitrogens with zero attached hydrogens (tertiary/aromatic N) is 1. The second-order valence-corrected chi connectivity index (χ2v) is 8.24. The van der Waals surface area contributed by atoms with Gasteiger partial charge >= 0.3 is 5.97 Å². The van der Waals surface area contributed by atoms with Gasteiger partial charge in [0.1, 0.15) is 10.5 Å². The maximum Gasteiger partial charge on any atom is 0.321 e. The summed E-state index contributed by atoms with van der Waals surface area (Å²) in [7, 11) is 1.67. The summed E-state index contributed by atoms with van der Waals surface area (Å²) in [6, 6.07) is 16.0. The topological polar surface area (TPSA) is 48.4 Å². The van der Waals surface area contributed by atoms with Gasteiger partial charge < -0.3 is 9.47 Å². The molecule has 27 heavy (non-hydrogen) atoms. The second-order valence-electron chi connectivity index (χ2n) is 6.57. The zero-order chi connectivity index (χ0) is 19.4. The van der Waals surface area contributed by atoms with Crippen molar-refractivity contribution in [2.24, 2.45) is 0 Å². The van der Waals surface area contributed by atoms with Crippen molar-refractivity contribution in [3.8, 4) is 16.9 Å². The van der Waals surface area contributed by atoms with Crippen molar-refractivity contribution >= 4 is 28.6 Å². The van der Waals surface area contributed by atoms with Crippen molar-refractivity contribution in [2.75, 3.05) is 13.7 Å². The Hall–Kier alpha value is -2.53. The van der Waals surface area contributed by atoms with Crippen LogP contribution in [0.2, 0.25) is 0 Å². The van der Waals surface area contributed by atoms with Crippen LogP contribution in [0.15, 0.2) is 59.6 Å². The van der Waals surface area contributed by atoms with Gasteiger partial charge in [-0.25, -0.2) is 0 Å². The highest BCUT2D eigenvalue weighted by atomic mass is 32.2. The Labute approximate surface area is 163 Å². The minimum Gasteiger partial charge on any atom is -0.496 e. The van der Waals surface area contributed by atoms with E-state index in [1.165, 1.54) is 11.8 Å². The number of para-hydroxylation sites is 1. The van der Waals surface area contributed by atoms with E-state index in [1.54, 1.807) is 13.3 Å². The first-order chi connectivity index (χ1) is 13.0. The molecular weight excluding hydrogens is 358 g/mol. The molecule has 0 aliphatic heterocycles. The molecule has 1 aromatic heterocycles. The number of carbonyl (C=O) groups excluding carboxylic acids is 1. The van der Waals surface area contributed by atoms with Gasteiger partial charge in [0.15, 0.2) is 0 Å². The van der Waals surface area contributed by atoms with Crippen molar-refractivity contribution in [3.63, 3.8) is 0 Å². The lowest BCUT2D eigenvalue weighted by Crippen LogP contribution is -2.29. The van der Waals surface area contributed by atoms with E-state index >= 15 is 0 Å². The van der Waals surface area contributed by atoms with Crippen LogP contribution in [0.1, 0.15) is 20.8 Å². The number of ether oxygens (including phenoxy) is 2. The third-order valence-electron chi connectivity index (χ3n) is 4.25. The number of aromatic nitrogens is 1. The van der Waals surface area contributed by atoms with E-state index in [2.05, 4.69) is 11.1 Å². The second kappa shape index (κ2) is 8.01. The van der Waals surface area contributed by atoms with Crippen LogP contribution in [-0.4, -0.2) is 29.4 Å². The minimum absolute atomic E-state index is 0.221. The van der Waals surface area contributed by atoms with Crippen LogP contribution in [0.5, 0.6) is 5.75 Å². The average Bonchev–Trinajstić information content (AvgIpc) is 2.68. The number of thioether (sulfide) groups is 1. The van der Waals surface area contributed by atoms with Crippen LogP contribution < -0.4 is 4.74 Å². The van der Waals surface area contributed by atoms with Crippen LogP contribution >= 0.6 is 11.8 Å². The Morgan fingerprint density at radius 2 is 1.93 bits per heavy atom. The zero-order valence-electron chi connectivity index (χ0n) is 16.0. The third-order valence-corrected chi connectivity index (χ3v) is 5.50. The average molecular weight is 381 g/mol. The van der Waals surface area contributed by atoms with Gasteiger partial charge in [-0.15, -0.1) is 11.8 Å². The maximum atomic E-state index is 12.3. The van der Waals surface area contributed by atoms with Crippen molar-refractivity contribution < 1.29 is 14.3 Å². The molecule has 0 atom stereocenters. The molecule has 0 unspecified atom stereocenters. The summed E-state index contributed by atoms with van der Waals surface area (Å²) >= 11 is 1.49. The van der Waals surface area contributed by atoms with E-state index in [-0.39, 0.29) is 5.97 Å². The summed E-state index contributed by atoms with van der Waals surface area (Å²) in [5.41, 5.74) is 2.95. The molecule has 0 radical (unpaired) electrons. The fourth-order valence-electron chi connectivity index (χ4n) is 2.88. The monoisotopic (exact) mass is 381 g/mol. The van der Waals surface area contributed by atoms with Gasteiger partial charge in [0, 0.05) is 22.0 Å². The van der Waals surface area contributed by atoms with E-state index < -0.39 is 4.75 Å². The highest BCUT2D eigenvalue weighted by molar-refractivity contribution is 8.01. The van der Waals surface area contributed by atoms with Crippen LogP contribution in [0.25, 0.3) is 22.0 Å². The molecule has 0 bridgehead atoms. The normalized spacial score (nSPS) is 11.4. The van der Waals surface area contributed by atoms with Gasteiger partial charge in [0.2, 0.25) is 0 Å². The number of esters is 1. The molecule has 0 amide bonds. The van der Waals surface area contributed by atoms with Crippen molar-refractivity contribution in [2.45, 2.75) is 30.4 Å². The summed E-state index contributed by atoms with van der Waals surface area (Å²) in [5.74, 6) is 0.600. The maximum absolute atomic E-state index is 12.3. The third kappa shape index (κ3) is 4.08. The summed E-state index contributed by atoms with van der Waals surface area (Å²) in [5, 5.41) is 1.00. The van der Waals surface area contributed by atoms with Crippen LogP contribution in [0, 0.1) is 0 Å². The Kier molecular flexibility index (Phi) is 5.71. The SMILES string of the molecule is CCOC(=O)C(C)(C)Sc1ccnc2ccc(-c3ccccc3OC)cc12. The molecule has 0 aliphatic rings. The van der Waals surface area contributed by atoms with E-state index in [9.17, 15) is 4.79 Å². The quantitative estimate of drug-likeness (QED) is 0.426. The number of carbonyl (C=O) groups is 1. The van der Waals surface area contributed by atoms with E-state index in [4.69, 9.17) is 9.47 Å². The largest absolute Gasteiger partial charge is 0.496 e. The number of hydrogen-bond donors (Lipinski definition) is 0. The van der Waals surface area contributed by atoms with Gasteiger partial charge in [-0.1, -0.05) is 24.3 Å². The highest BCUT2D eigenvalue weighted by Gasteiger charge is 2.31. The molecule has 0 saturated heterocycles. The van der Waals surface area contributed by atoms with Crippen molar-refractivity contribution in [1.29, 1.82) is 0 Å². The highest BCUT2D eigenvalue weighted by Crippen LogP contribution is 2.39. The smallest absolute Gasteiger partial charge is 0.321 e. The summed E-state index contributed by atoms with van der Waals surface area (Å²) in [6.07, 6.45) is 1.77. The predicted molar refractivity (Wildman–Crippen MR) is 110 cm³/mol. The minimum atomic E-state index is -0.690. The van der Waals surface area contributed by atoms with E-state index in [0.717, 1.165) is 32.7 Å². The molecule has 0 fully saturated rings. The Balaban J connectivity index is 2.06. The summed E-state index contributed by atoms with van der Waals surface area (Å²) < 4.78 is 10.0. The molecule has 140 valence electrons. The number of methoxy groups -OCH3 is 1. The molecule has 4 nitrogen and oxygen atoms in total. The number of benzene rings is 2. The van der Waals surface area contributed by atoms with E-state index in [0.29, 0.717) is 6.61 Å². The Bertz CT molecular complexity index is 969. The lowest BCUT2D eigenvalue weighted by Gasteiger charge is -2.22. The van der Waals surface area contributed by atoms with Gasteiger partial charge in [-0.3, -0.25) is 9.78 Å². The van der Waals surface area contributed by atoms with Gasteiger partial charge in [0.25, 0.3) is 0 Å². The Morgan fingerprint density at radius 3 is 2.67 bits per heavy atom. The van der Waals surface area contributed by atoms with Crippen LogP contribution in [0.4, 0.5) is 0 Å². The first-order valence-corrected chi connectivity index (χ1v) is 9.66. The lowest BCUT2D eigenvalue weighted by atomic mass is 10.0. The van der Waals surface area contributed by atoms with Gasteiger partial charge in [0.05, 0.1) is 19.2 Å². The van der Waals surface area contributed by atoms with Crippen LogP contribution in [0.3, 0.4) is 0 Å². The molecule has 2 aromatic carbocycles. The fourth-order valence-corrected chi connectivity index (χ4v) is 3.98. The molecular formula is C22H23NO3S. The number of rotatable bonds is 6. The molecule has 0 N–H and O–H groups in total. The number of hydrogen-bond acceptors (Lipinski definition) is 5. The first kappa shape index (κ1) is 19.2. The zero-order valence-corrected chi connectivity index (χ0v) is 16.8. The number of pyridine rings is 1. The standard InChI is InChI=1S/C22H23NO3S/c1-5-26-21(24)22(2,3)27-20-12-13-23-18-11-10-15(14-17(18)20)16-8-6-7-9-19(16)25-4/h6-14H,5H2,1-4H3. The van der Waals surface area contributed by atoms with Gasteiger partial charge in [-0.05, 0) is 50.6 Å². The molecule has 0 spiro atoms. The van der Waals surface area contributed by atoms with Crippen LogP contribution in [-0.2, 0) is 9.53 Å². The Morgan fingerprint density at radius 1 is 1.15 bits per heavy atom. The lowest BCUT2D eigenvalue weighted by molar-refractivity contribution is -0.145. The molecule has 0 saturated carbocycles. The molecule has 1 heterocycles. The molecule has 3 aromatic rings. The van der Waals surface area contributed by atoms with Crippen molar-refractivity contribution in [1.82, 2.24) is 4.98 Å². The molecule has 5 heteroatoms. The summed E-state index contributed by atoms with van der Waals surface area (Å²) in [4.78, 5) is 17.8. The number of fused-ring (bicyclic) bond motifs is 1. The first-order valence-electron chi connectivity index (χ1n) is 8.84. The van der Waals surface area contributed by atoms with E-state index in [1.807, 2.05) is 63.2 Å².